The Labute approximate surface area is 92.9 Å². The summed E-state index contributed by atoms with van der Waals surface area (Å²) in [6.45, 7) is 3.84. The number of aromatic hydroxyl groups is 1. The van der Waals surface area contributed by atoms with Gasteiger partial charge in [-0.3, -0.25) is 4.79 Å². The van der Waals surface area contributed by atoms with E-state index in [4.69, 9.17) is 0 Å². The summed E-state index contributed by atoms with van der Waals surface area (Å²) in [6, 6.07) is 5.05. The molecule has 0 bridgehead atoms. The van der Waals surface area contributed by atoms with Gasteiger partial charge in [0.25, 0.3) is 0 Å². The first-order valence-corrected chi connectivity index (χ1v) is 5.75. The summed E-state index contributed by atoms with van der Waals surface area (Å²) in [6.07, 6.45) is 0. The number of hydrogen-bond acceptors (Lipinski definition) is 3. The van der Waals surface area contributed by atoms with Crippen LogP contribution in [0.5, 0.6) is 5.75 Å². The predicted molar refractivity (Wildman–Crippen MR) is 61.2 cm³/mol. The molecular formula is C11H13NO2S. The van der Waals surface area contributed by atoms with Gasteiger partial charge in [-0.1, -0.05) is 13.8 Å². The number of thioether (sulfide) groups is 1. The van der Waals surface area contributed by atoms with Gasteiger partial charge in [-0.15, -0.1) is 11.8 Å². The highest BCUT2D eigenvalue weighted by molar-refractivity contribution is 7.99. The van der Waals surface area contributed by atoms with Crippen LogP contribution in [0.25, 0.3) is 0 Å². The van der Waals surface area contributed by atoms with E-state index in [1.807, 2.05) is 19.9 Å². The molecule has 1 aliphatic heterocycles. The number of carbonyl (C=O) groups excluding carboxylic acids is 1. The summed E-state index contributed by atoms with van der Waals surface area (Å²) in [7, 11) is 0. The number of nitrogens with one attached hydrogen (secondary N) is 1. The summed E-state index contributed by atoms with van der Waals surface area (Å²) in [4.78, 5) is 12.8. The number of benzene rings is 1. The Morgan fingerprint density at radius 1 is 1.47 bits per heavy atom. The van der Waals surface area contributed by atoms with Gasteiger partial charge in [0.05, 0.1) is 11.1 Å². The molecule has 1 aromatic rings. The van der Waals surface area contributed by atoms with Crippen molar-refractivity contribution in [2.24, 2.45) is 5.41 Å². The lowest BCUT2D eigenvalue weighted by atomic mass is 9.95. The van der Waals surface area contributed by atoms with Crippen LogP contribution in [0.4, 0.5) is 5.69 Å². The molecule has 2 rings (SSSR count). The van der Waals surface area contributed by atoms with E-state index in [1.54, 1.807) is 23.9 Å². The second-order valence-corrected chi connectivity index (χ2v) is 5.32. The van der Waals surface area contributed by atoms with Crippen molar-refractivity contribution in [3.63, 3.8) is 0 Å². The van der Waals surface area contributed by atoms with Crippen LogP contribution >= 0.6 is 11.8 Å². The number of hydrogen-bond donors (Lipinski definition) is 2. The van der Waals surface area contributed by atoms with Crippen molar-refractivity contribution >= 4 is 23.4 Å². The maximum atomic E-state index is 11.8. The second kappa shape index (κ2) is 3.45. The second-order valence-electron chi connectivity index (χ2n) is 4.31. The minimum Gasteiger partial charge on any atom is -0.508 e. The molecule has 0 spiro atoms. The molecule has 4 heteroatoms. The van der Waals surface area contributed by atoms with Crippen LogP contribution in [-0.2, 0) is 4.79 Å². The number of anilines is 1. The molecule has 0 saturated heterocycles. The van der Waals surface area contributed by atoms with Crippen LogP contribution in [0.15, 0.2) is 23.1 Å². The van der Waals surface area contributed by atoms with Gasteiger partial charge in [0.15, 0.2) is 0 Å². The molecule has 80 valence electrons. The topological polar surface area (TPSA) is 49.3 Å². The normalized spacial score (nSPS) is 18.9. The van der Waals surface area contributed by atoms with Crippen LogP contribution in [0.3, 0.4) is 0 Å². The first-order chi connectivity index (χ1) is 6.99. The predicted octanol–water partition coefficient (Wildman–Crippen LogP) is 2.46. The molecule has 0 saturated carbocycles. The third-order valence-corrected chi connectivity index (χ3v) is 3.95. The number of carbonyl (C=O) groups is 1. The first-order valence-electron chi connectivity index (χ1n) is 4.76. The van der Waals surface area contributed by atoms with Crippen molar-refractivity contribution in [2.45, 2.75) is 18.7 Å². The molecule has 1 aliphatic rings. The van der Waals surface area contributed by atoms with E-state index >= 15 is 0 Å². The molecule has 0 atom stereocenters. The first kappa shape index (κ1) is 10.4. The summed E-state index contributed by atoms with van der Waals surface area (Å²) < 4.78 is 0. The van der Waals surface area contributed by atoms with Crippen LogP contribution in [0.1, 0.15) is 13.8 Å². The maximum absolute atomic E-state index is 11.8. The summed E-state index contributed by atoms with van der Waals surface area (Å²) >= 11 is 1.63. The summed E-state index contributed by atoms with van der Waals surface area (Å²) in [5, 5.41) is 12.2. The van der Waals surface area contributed by atoms with Gasteiger partial charge in [0, 0.05) is 16.7 Å². The molecule has 0 fully saturated rings. The van der Waals surface area contributed by atoms with Crippen molar-refractivity contribution in [3.05, 3.63) is 18.2 Å². The molecule has 0 aromatic heterocycles. The fourth-order valence-corrected chi connectivity index (χ4v) is 2.43. The fourth-order valence-electron chi connectivity index (χ4n) is 1.36. The number of fused-ring (bicyclic) bond motifs is 1. The number of rotatable bonds is 0. The van der Waals surface area contributed by atoms with Crippen molar-refractivity contribution in [2.75, 3.05) is 11.1 Å². The summed E-state index contributed by atoms with van der Waals surface area (Å²) in [5.74, 6) is 0.921. The Bertz CT molecular complexity index is 415. The van der Waals surface area contributed by atoms with Gasteiger partial charge in [-0.05, 0) is 12.1 Å². The highest BCUT2D eigenvalue weighted by Crippen LogP contribution is 2.38. The highest BCUT2D eigenvalue weighted by atomic mass is 32.2. The third kappa shape index (κ3) is 1.95. The minimum absolute atomic E-state index is 0.000602. The minimum atomic E-state index is -0.376. The third-order valence-electron chi connectivity index (χ3n) is 2.41. The molecule has 0 unspecified atom stereocenters. The van der Waals surface area contributed by atoms with E-state index in [0.717, 1.165) is 10.6 Å². The average Bonchev–Trinajstić information content (AvgIpc) is 2.25. The smallest absolute Gasteiger partial charge is 0.230 e. The van der Waals surface area contributed by atoms with Gasteiger partial charge < -0.3 is 10.4 Å². The van der Waals surface area contributed by atoms with E-state index < -0.39 is 0 Å². The molecule has 3 nitrogen and oxygen atoms in total. The fraction of sp³-hybridized carbons (Fsp3) is 0.364. The van der Waals surface area contributed by atoms with Gasteiger partial charge >= 0.3 is 0 Å². The van der Waals surface area contributed by atoms with Crippen LogP contribution in [0, 0.1) is 5.41 Å². The average molecular weight is 223 g/mol. The van der Waals surface area contributed by atoms with E-state index in [0.29, 0.717) is 5.69 Å². The van der Waals surface area contributed by atoms with Gasteiger partial charge in [0.1, 0.15) is 5.75 Å². The van der Waals surface area contributed by atoms with Gasteiger partial charge in [-0.2, -0.15) is 0 Å². The zero-order valence-electron chi connectivity index (χ0n) is 8.70. The lowest BCUT2D eigenvalue weighted by molar-refractivity contribution is -0.122. The van der Waals surface area contributed by atoms with Crippen molar-refractivity contribution in [1.29, 1.82) is 0 Å². The standard InChI is InChI=1S/C11H13NO2S/c1-11(2)6-15-9-4-3-7(13)5-8(9)12-10(11)14/h3-5,13H,6H2,1-2H3,(H,12,14). The van der Waals surface area contributed by atoms with E-state index in [-0.39, 0.29) is 17.1 Å². The Morgan fingerprint density at radius 3 is 2.93 bits per heavy atom. The zero-order chi connectivity index (χ0) is 11.1. The number of phenols is 1. The zero-order valence-corrected chi connectivity index (χ0v) is 9.52. The molecular weight excluding hydrogens is 210 g/mol. The Kier molecular flexibility index (Phi) is 2.38. The molecule has 1 amide bonds. The SMILES string of the molecule is CC1(C)CSc2ccc(O)cc2NC1=O. The lowest BCUT2D eigenvalue weighted by Crippen LogP contribution is -2.31. The lowest BCUT2D eigenvalue weighted by Gasteiger charge is -2.18. The van der Waals surface area contributed by atoms with Crippen LogP contribution in [0.2, 0.25) is 0 Å². The van der Waals surface area contributed by atoms with Crippen LogP contribution in [-0.4, -0.2) is 16.8 Å². The Hall–Kier alpha value is -1.16. The van der Waals surface area contributed by atoms with Gasteiger partial charge in [-0.25, -0.2) is 0 Å². The molecule has 2 N–H and O–H groups in total. The molecule has 0 radical (unpaired) electrons. The Balaban J connectivity index is 2.40. The Morgan fingerprint density at radius 2 is 2.20 bits per heavy atom. The number of amides is 1. The van der Waals surface area contributed by atoms with Crippen molar-refractivity contribution in [1.82, 2.24) is 0 Å². The van der Waals surface area contributed by atoms with E-state index in [2.05, 4.69) is 5.32 Å². The van der Waals surface area contributed by atoms with E-state index in [9.17, 15) is 9.90 Å². The highest BCUT2D eigenvalue weighted by Gasteiger charge is 2.31. The summed E-state index contributed by atoms with van der Waals surface area (Å²) in [5.41, 5.74) is 0.329. The maximum Gasteiger partial charge on any atom is 0.230 e. The van der Waals surface area contributed by atoms with E-state index in [1.165, 1.54) is 0 Å². The van der Waals surface area contributed by atoms with Crippen molar-refractivity contribution in [3.8, 4) is 5.75 Å². The van der Waals surface area contributed by atoms with Gasteiger partial charge in [0.2, 0.25) is 5.91 Å². The molecule has 0 aliphatic carbocycles. The molecule has 1 aromatic carbocycles. The molecule has 15 heavy (non-hydrogen) atoms. The monoisotopic (exact) mass is 223 g/mol. The number of phenolic OH excluding ortho intramolecular Hbond substituents is 1. The molecule has 1 heterocycles. The van der Waals surface area contributed by atoms with Crippen molar-refractivity contribution < 1.29 is 9.90 Å². The van der Waals surface area contributed by atoms with Crippen LogP contribution < -0.4 is 5.32 Å². The quantitative estimate of drug-likeness (QED) is 0.710. The largest absolute Gasteiger partial charge is 0.508 e.